The van der Waals surface area contributed by atoms with E-state index in [4.69, 9.17) is 4.52 Å². The smallest absolute Gasteiger partial charge is 0.249 e. The van der Waals surface area contributed by atoms with Gasteiger partial charge in [-0.25, -0.2) is 0 Å². The van der Waals surface area contributed by atoms with Crippen molar-refractivity contribution in [3.63, 3.8) is 0 Å². The Morgan fingerprint density at radius 3 is 2.93 bits per heavy atom. The van der Waals surface area contributed by atoms with E-state index in [0.717, 1.165) is 36.9 Å². The molecule has 1 atom stereocenters. The number of carbonyl (C=O) groups excluding carboxylic acids is 1. The lowest BCUT2D eigenvalue weighted by Crippen LogP contribution is -2.38. The van der Waals surface area contributed by atoms with Crippen molar-refractivity contribution in [1.29, 1.82) is 0 Å². The highest BCUT2D eigenvalue weighted by atomic mass is 16.5. The van der Waals surface area contributed by atoms with Gasteiger partial charge >= 0.3 is 0 Å². The second kappa shape index (κ2) is 8.10. The number of pyridine rings is 1. The number of nitrogens with one attached hydrogen (secondary N) is 1. The summed E-state index contributed by atoms with van der Waals surface area (Å²) in [7, 11) is 0. The molecule has 30 heavy (non-hydrogen) atoms. The van der Waals surface area contributed by atoms with Crippen LogP contribution in [0.5, 0.6) is 0 Å². The zero-order valence-corrected chi connectivity index (χ0v) is 16.6. The summed E-state index contributed by atoms with van der Waals surface area (Å²) in [6.45, 7) is 0.727. The van der Waals surface area contributed by atoms with Crippen LogP contribution in [0.2, 0.25) is 0 Å². The molecule has 7 nitrogen and oxygen atoms in total. The Balaban J connectivity index is 1.31. The van der Waals surface area contributed by atoms with Gasteiger partial charge in [0, 0.05) is 48.0 Å². The molecule has 4 aromatic rings. The van der Waals surface area contributed by atoms with E-state index in [1.807, 2.05) is 35.4 Å². The monoisotopic (exact) mass is 401 g/mol. The molecule has 1 N–H and O–H groups in total. The van der Waals surface area contributed by atoms with E-state index < -0.39 is 0 Å². The van der Waals surface area contributed by atoms with Gasteiger partial charge in [0.2, 0.25) is 17.6 Å². The number of nitrogens with zero attached hydrogens (tertiary/aromatic N) is 4. The second-order valence-electron chi connectivity index (χ2n) is 7.65. The number of aromatic nitrogens is 4. The number of H-pyrrole nitrogens is 1. The zero-order valence-electron chi connectivity index (χ0n) is 16.6. The molecule has 7 heteroatoms. The topological polar surface area (TPSA) is 87.9 Å². The molecule has 1 amide bonds. The van der Waals surface area contributed by atoms with Gasteiger partial charge in [0.15, 0.2) is 0 Å². The minimum Gasteiger partial charge on any atom is -0.361 e. The van der Waals surface area contributed by atoms with Gasteiger partial charge in [-0.2, -0.15) is 4.98 Å². The lowest BCUT2D eigenvalue weighted by atomic mass is 10.0. The minimum absolute atomic E-state index is 0.133. The SMILES string of the molecule is O=C(CCc1c[nH]c2ccccc12)N1CCCCC1c1nc(-c2ccncc2)no1. The maximum Gasteiger partial charge on any atom is 0.249 e. The summed E-state index contributed by atoms with van der Waals surface area (Å²) in [5.74, 6) is 1.18. The Hall–Kier alpha value is -3.48. The number of benzene rings is 1. The van der Waals surface area contributed by atoms with E-state index in [9.17, 15) is 4.79 Å². The summed E-state index contributed by atoms with van der Waals surface area (Å²) in [6, 6.07) is 11.7. The van der Waals surface area contributed by atoms with Crippen LogP contribution >= 0.6 is 0 Å². The fraction of sp³-hybridized carbons (Fsp3) is 0.304. The first-order valence-corrected chi connectivity index (χ1v) is 10.4. The summed E-state index contributed by atoms with van der Waals surface area (Å²) in [6.07, 6.45) is 9.47. The molecule has 0 aliphatic carbocycles. The van der Waals surface area contributed by atoms with Gasteiger partial charge < -0.3 is 14.4 Å². The summed E-state index contributed by atoms with van der Waals surface area (Å²) >= 11 is 0. The van der Waals surface area contributed by atoms with Gasteiger partial charge in [0.1, 0.15) is 6.04 Å². The summed E-state index contributed by atoms with van der Waals surface area (Å²) in [4.78, 5) is 26.9. The van der Waals surface area contributed by atoms with Crippen LogP contribution < -0.4 is 0 Å². The number of hydrogen-bond donors (Lipinski definition) is 1. The average molecular weight is 401 g/mol. The third kappa shape index (κ3) is 3.58. The Morgan fingerprint density at radius 2 is 2.03 bits per heavy atom. The average Bonchev–Trinajstić information content (AvgIpc) is 3.46. The van der Waals surface area contributed by atoms with Crippen molar-refractivity contribution in [3.05, 3.63) is 66.4 Å². The number of amides is 1. The number of para-hydroxylation sites is 1. The van der Waals surface area contributed by atoms with Crippen molar-refractivity contribution >= 4 is 16.8 Å². The number of likely N-dealkylation sites (tertiary alicyclic amines) is 1. The van der Waals surface area contributed by atoms with Crippen LogP contribution in [0.4, 0.5) is 0 Å². The fourth-order valence-corrected chi connectivity index (χ4v) is 4.20. The van der Waals surface area contributed by atoms with Crippen LogP contribution in [0, 0.1) is 0 Å². The van der Waals surface area contributed by atoms with Crippen molar-refractivity contribution in [3.8, 4) is 11.4 Å². The first-order valence-electron chi connectivity index (χ1n) is 10.4. The Bertz CT molecular complexity index is 1150. The second-order valence-corrected chi connectivity index (χ2v) is 7.65. The van der Waals surface area contributed by atoms with E-state index in [-0.39, 0.29) is 11.9 Å². The minimum atomic E-state index is -0.155. The number of aromatic amines is 1. The van der Waals surface area contributed by atoms with Gasteiger partial charge in [-0.3, -0.25) is 9.78 Å². The maximum atomic E-state index is 13.1. The summed E-state index contributed by atoms with van der Waals surface area (Å²) in [5, 5.41) is 5.30. The van der Waals surface area contributed by atoms with Crippen LogP contribution in [-0.2, 0) is 11.2 Å². The van der Waals surface area contributed by atoms with Crippen LogP contribution in [0.15, 0.2) is 59.5 Å². The molecular weight excluding hydrogens is 378 g/mol. The molecule has 3 aromatic heterocycles. The number of fused-ring (bicyclic) bond motifs is 1. The molecule has 1 aromatic carbocycles. The molecule has 1 aliphatic rings. The highest BCUT2D eigenvalue weighted by Crippen LogP contribution is 2.32. The summed E-state index contributed by atoms with van der Waals surface area (Å²) < 4.78 is 5.57. The van der Waals surface area contributed by atoms with Gasteiger partial charge in [-0.1, -0.05) is 23.4 Å². The number of hydrogen-bond acceptors (Lipinski definition) is 5. The molecule has 0 bridgehead atoms. The van der Waals surface area contributed by atoms with Crippen LogP contribution in [-0.4, -0.2) is 37.5 Å². The Kier molecular flexibility index (Phi) is 5.01. The van der Waals surface area contributed by atoms with Crippen molar-refractivity contribution < 1.29 is 9.32 Å². The summed E-state index contributed by atoms with van der Waals surface area (Å²) in [5.41, 5.74) is 3.13. The molecule has 1 unspecified atom stereocenters. The molecule has 0 radical (unpaired) electrons. The molecule has 1 fully saturated rings. The van der Waals surface area contributed by atoms with Gasteiger partial charge in [0.05, 0.1) is 0 Å². The Morgan fingerprint density at radius 1 is 1.17 bits per heavy atom. The molecule has 4 heterocycles. The first-order chi connectivity index (χ1) is 14.8. The predicted molar refractivity (Wildman–Crippen MR) is 112 cm³/mol. The maximum absolute atomic E-state index is 13.1. The predicted octanol–water partition coefficient (Wildman–Crippen LogP) is 4.30. The molecule has 0 spiro atoms. The van der Waals surface area contributed by atoms with E-state index in [1.165, 1.54) is 10.9 Å². The van der Waals surface area contributed by atoms with Crippen LogP contribution in [0.25, 0.3) is 22.3 Å². The highest BCUT2D eigenvalue weighted by Gasteiger charge is 2.32. The molecule has 1 saturated heterocycles. The normalized spacial score (nSPS) is 16.8. The number of carbonyl (C=O) groups is 1. The van der Waals surface area contributed by atoms with Crippen molar-refractivity contribution in [1.82, 2.24) is 25.0 Å². The number of piperidine rings is 1. The van der Waals surface area contributed by atoms with Crippen LogP contribution in [0.1, 0.15) is 43.2 Å². The standard InChI is InChI=1S/C23H23N5O2/c29-21(9-8-17-15-25-19-6-2-1-5-18(17)19)28-14-4-3-7-20(28)23-26-22(27-30-23)16-10-12-24-13-11-16/h1-2,5-6,10-13,15,20,25H,3-4,7-9,14H2. The zero-order chi connectivity index (χ0) is 20.3. The number of aryl methyl sites for hydroxylation is 1. The molecular formula is C23H23N5O2. The first kappa shape index (κ1) is 18.5. The van der Waals surface area contributed by atoms with Gasteiger partial charge in [0.25, 0.3) is 0 Å². The highest BCUT2D eigenvalue weighted by molar-refractivity contribution is 5.84. The largest absolute Gasteiger partial charge is 0.361 e. The van der Waals surface area contributed by atoms with E-state index >= 15 is 0 Å². The molecule has 0 saturated carbocycles. The van der Waals surface area contributed by atoms with E-state index in [0.29, 0.717) is 24.6 Å². The van der Waals surface area contributed by atoms with Crippen molar-refractivity contribution in [2.24, 2.45) is 0 Å². The van der Waals surface area contributed by atoms with Crippen molar-refractivity contribution in [2.45, 2.75) is 38.1 Å². The number of rotatable bonds is 5. The van der Waals surface area contributed by atoms with Gasteiger partial charge in [-0.15, -0.1) is 0 Å². The van der Waals surface area contributed by atoms with Gasteiger partial charge in [-0.05, 0) is 49.4 Å². The fourth-order valence-electron chi connectivity index (χ4n) is 4.20. The molecule has 152 valence electrons. The molecule has 5 rings (SSSR count). The Labute approximate surface area is 174 Å². The lowest BCUT2D eigenvalue weighted by Gasteiger charge is -2.33. The lowest BCUT2D eigenvalue weighted by molar-refractivity contribution is -0.135. The quantitative estimate of drug-likeness (QED) is 0.539. The molecule has 1 aliphatic heterocycles. The third-order valence-corrected chi connectivity index (χ3v) is 5.77. The third-order valence-electron chi connectivity index (χ3n) is 5.77. The van der Waals surface area contributed by atoms with E-state index in [1.54, 1.807) is 12.4 Å². The van der Waals surface area contributed by atoms with E-state index in [2.05, 4.69) is 32.2 Å². The van der Waals surface area contributed by atoms with Crippen molar-refractivity contribution in [2.75, 3.05) is 6.54 Å². The van der Waals surface area contributed by atoms with Crippen LogP contribution in [0.3, 0.4) is 0 Å².